The van der Waals surface area contributed by atoms with Crippen LogP contribution in [0.5, 0.6) is 0 Å². The van der Waals surface area contributed by atoms with Gasteiger partial charge in [-0.05, 0) is 24.8 Å². The molecular formula is C11H17O4P. The van der Waals surface area contributed by atoms with Gasteiger partial charge in [-0.3, -0.25) is 4.57 Å². The molecule has 1 unspecified atom stereocenters. The van der Waals surface area contributed by atoms with E-state index in [1.165, 1.54) is 0 Å². The quantitative estimate of drug-likeness (QED) is 0.663. The molecule has 0 fully saturated rings. The van der Waals surface area contributed by atoms with Crippen molar-refractivity contribution in [3.05, 3.63) is 35.9 Å². The maximum Gasteiger partial charge on any atom is 0.330 e. The molecule has 5 heteroatoms. The van der Waals surface area contributed by atoms with Crippen molar-refractivity contribution in [3.8, 4) is 0 Å². The molecule has 0 saturated heterocycles. The van der Waals surface area contributed by atoms with Crippen molar-refractivity contribution in [2.45, 2.75) is 24.9 Å². The summed E-state index contributed by atoms with van der Waals surface area (Å²) in [6, 6.07) is 9.75. The van der Waals surface area contributed by atoms with Gasteiger partial charge in [0.2, 0.25) is 0 Å². The normalized spacial score (nSPS) is 13.7. The van der Waals surface area contributed by atoms with E-state index in [-0.39, 0.29) is 0 Å². The Kier molecular flexibility index (Phi) is 5.16. The molecule has 0 saturated carbocycles. The van der Waals surface area contributed by atoms with Gasteiger partial charge in [-0.2, -0.15) is 0 Å². The lowest BCUT2D eigenvalue weighted by atomic mass is 10.1. The smallest absolute Gasteiger partial charge is 0.330 e. The van der Waals surface area contributed by atoms with Crippen molar-refractivity contribution >= 4 is 7.60 Å². The van der Waals surface area contributed by atoms with Crippen LogP contribution in [0.15, 0.2) is 30.3 Å². The topological polar surface area (TPSA) is 77.8 Å². The van der Waals surface area contributed by atoms with Crippen LogP contribution in [-0.4, -0.2) is 27.2 Å². The van der Waals surface area contributed by atoms with Gasteiger partial charge in [-0.15, -0.1) is 0 Å². The Morgan fingerprint density at radius 3 is 2.31 bits per heavy atom. The van der Waals surface area contributed by atoms with E-state index in [2.05, 4.69) is 0 Å². The summed E-state index contributed by atoms with van der Waals surface area (Å²) in [5.74, 6) is 0. The zero-order chi connectivity index (χ0) is 12.0. The van der Waals surface area contributed by atoms with Crippen LogP contribution in [0.4, 0.5) is 0 Å². The Balaban J connectivity index is 2.38. The van der Waals surface area contributed by atoms with Crippen LogP contribution in [0.25, 0.3) is 0 Å². The van der Waals surface area contributed by atoms with Crippen LogP contribution in [0.2, 0.25) is 0 Å². The van der Waals surface area contributed by atoms with E-state index in [0.717, 1.165) is 12.0 Å². The predicted molar refractivity (Wildman–Crippen MR) is 62.3 cm³/mol. The molecule has 90 valence electrons. The average molecular weight is 244 g/mol. The maximum absolute atomic E-state index is 10.9. The lowest BCUT2D eigenvalue weighted by molar-refractivity contribution is 0.258. The summed E-state index contributed by atoms with van der Waals surface area (Å²) < 4.78 is 10.9. The van der Waals surface area contributed by atoms with Gasteiger partial charge >= 0.3 is 7.60 Å². The Morgan fingerprint density at radius 2 is 1.81 bits per heavy atom. The lowest BCUT2D eigenvalue weighted by Crippen LogP contribution is -2.13. The Labute approximate surface area is 95.1 Å². The molecule has 0 aliphatic rings. The van der Waals surface area contributed by atoms with E-state index in [9.17, 15) is 4.57 Å². The first-order valence-corrected chi connectivity index (χ1v) is 6.92. The Bertz CT molecular complexity index is 346. The van der Waals surface area contributed by atoms with Crippen LogP contribution in [0.3, 0.4) is 0 Å². The van der Waals surface area contributed by atoms with Gasteiger partial charge in [-0.1, -0.05) is 30.3 Å². The Hall–Kier alpha value is -0.670. The molecule has 0 heterocycles. The summed E-state index contributed by atoms with van der Waals surface area (Å²) >= 11 is 0. The van der Waals surface area contributed by atoms with E-state index < -0.39 is 19.9 Å². The van der Waals surface area contributed by atoms with Crippen molar-refractivity contribution in [3.63, 3.8) is 0 Å². The number of aliphatic hydroxyl groups excluding tert-OH is 1. The molecule has 1 atom stereocenters. The molecule has 1 aromatic rings. The molecule has 3 N–H and O–H groups in total. The first-order valence-electron chi connectivity index (χ1n) is 5.24. The van der Waals surface area contributed by atoms with Crippen LogP contribution in [0, 0.1) is 0 Å². The summed E-state index contributed by atoms with van der Waals surface area (Å²) in [5.41, 5.74) is 0.223. The SMILES string of the molecule is O=P(O)(O)C(CO)CCCc1ccccc1. The fourth-order valence-corrected chi connectivity index (χ4v) is 2.28. The molecule has 0 amide bonds. The summed E-state index contributed by atoms with van der Waals surface area (Å²) in [5, 5.41) is 8.87. The molecule has 0 radical (unpaired) electrons. The van der Waals surface area contributed by atoms with Gasteiger partial charge in [0.15, 0.2) is 0 Å². The number of rotatable bonds is 6. The van der Waals surface area contributed by atoms with Gasteiger partial charge in [0.05, 0.1) is 12.3 Å². The van der Waals surface area contributed by atoms with Gasteiger partial charge in [0.1, 0.15) is 0 Å². The number of aryl methyl sites for hydroxylation is 1. The van der Waals surface area contributed by atoms with Crippen molar-refractivity contribution in [1.82, 2.24) is 0 Å². The van der Waals surface area contributed by atoms with Crippen molar-refractivity contribution in [1.29, 1.82) is 0 Å². The fourth-order valence-electron chi connectivity index (χ4n) is 1.55. The molecule has 4 nitrogen and oxygen atoms in total. The fraction of sp³-hybridized carbons (Fsp3) is 0.455. The molecule has 0 spiro atoms. The van der Waals surface area contributed by atoms with Crippen LogP contribution >= 0.6 is 7.60 Å². The second-order valence-electron chi connectivity index (χ2n) is 3.80. The third-order valence-corrected chi connectivity index (χ3v) is 3.90. The Morgan fingerprint density at radius 1 is 1.19 bits per heavy atom. The first kappa shape index (κ1) is 13.4. The van der Waals surface area contributed by atoms with Gasteiger partial charge in [-0.25, -0.2) is 0 Å². The predicted octanol–water partition coefficient (Wildman–Crippen LogP) is 1.55. The largest absolute Gasteiger partial charge is 0.395 e. The van der Waals surface area contributed by atoms with Gasteiger partial charge in [0, 0.05) is 0 Å². The van der Waals surface area contributed by atoms with E-state index in [0.29, 0.717) is 12.8 Å². The number of hydrogen-bond donors (Lipinski definition) is 3. The second-order valence-corrected chi connectivity index (χ2v) is 5.71. The van der Waals surface area contributed by atoms with Crippen LogP contribution in [-0.2, 0) is 11.0 Å². The molecular weight excluding hydrogens is 227 g/mol. The van der Waals surface area contributed by atoms with Gasteiger partial charge < -0.3 is 14.9 Å². The molecule has 1 aromatic carbocycles. The third kappa shape index (κ3) is 4.45. The highest BCUT2D eigenvalue weighted by Gasteiger charge is 2.27. The van der Waals surface area contributed by atoms with E-state index >= 15 is 0 Å². The third-order valence-electron chi connectivity index (χ3n) is 2.53. The maximum atomic E-state index is 10.9. The minimum Gasteiger partial charge on any atom is -0.395 e. The van der Waals surface area contributed by atoms with Crippen LogP contribution in [0.1, 0.15) is 18.4 Å². The standard InChI is InChI=1S/C11H17O4P/c12-9-11(16(13,14)15)8-4-7-10-5-2-1-3-6-10/h1-3,5-6,11-12H,4,7-9H2,(H2,13,14,15). The lowest BCUT2D eigenvalue weighted by Gasteiger charge is -2.15. The van der Waals surface area contributed by atoms with E-state index in [1.54, 1.807) is 0 Å². The second kappa shape index (κ2) is 6.16. The average Bonchev–Trinajstić information content (AvgIpc) is 2.24. The number of hydrogen-bond acceptors (Lipinski definition) is 2. The molecule has 0 aromatic heterocycles. The molecule has 0 bridgehead atoms. The first-order chi connectivity index (χ1) is 7.54. The number of aliphatic hydroxyl groups is 1. The zero-order valence-electron chi connectivity index (χ0n) is 8.99. The molecule has 1 rings (SSSR count). The summed E-state index contributed by atoms with van der Waals surface area (Å²) in [6.45, 7) is -0.459. The number of benzene rings is 1. The molecule has 0 aliphatic carbocycles. The molecule has 16 heavy (non-hydrogen) atoms. The minimum atomic E-state index is -4.15. The van der Waals surface area contributed by atoms with Gasteiger partial charge in [0.25, 0.3) is 0 Å². The highest BCUT2D eigenvalue weighted by molar-refractivity contribution is 7.52. The highest BCUT2D eigenvalue weighted by atomic mass is 31.2. The highest BCUT2D eigenvalue weighted by Crippen LogP contribution is 2.43. The summed E-state index contributed by atoms with van der Waals surface area (Å²) in [7, 11) is -4.15. The van der Waals surface area contributed by atoms with Crippen molar-refractivity contribution in [2.24, 2.45) is 0 Å². The van der Waals surface area contributed by atoms with Crippen molar-refractivity contribution in [2.75, 3.05) is 6.61 Å². The molecule has 0 aliphatic heterocycles. The van der Waals surface area contributed by atoms with E-state index in [4.69, 9.17) is 14.9 Å². The van der Waals surface area contributed by atoms with Crippen LogP contribution < -0.4 is 0 Å². The minimum absolute atomic E-state index is 0.343. The zero-order valence-corrected chi connectivity index (χ0v) is 9.88. The summed E-state index contributed by atoms with van der Waals surface area (Å²) in [4.78, 5) is 17.9. The summed E-state index contributed by atoms with van der Waals surface area (Å²) in [6.07, 6.45) is 1.79. The van der Waals surface area contributed by atoms with Crippen molar-refractivity contribution < 1.29 is 19.5 Å². The van der Waals surface area contributed by atoms with E-state index in [1.807, 2.05) is 30.3 Å². The monoisotopic (exact) mass is 244 g/mol.